The third-order valence-corrected chi connectivity index (χ3v) is 3.47. The highest BCUT2D eigenvalue weighted by molar-refractivity contribution is 5.94. The molecule has 0 saturated heterocycles. The molecular weight excluding hydrogens is 280 g/mol. The lowest BCUT2D eigenvalue weighted by molar-refractivity contribution is 0.0535. The van der Waals surface area contributed by atoms with Crippen molar-refractivity contribution in [1.29, 1.82) is 0 Å². The van der Waals surface area contributed by atoms with Crippen LogP contribution in [0.3, 0.4) is 0 Å². The van der Waals surface area contributed by atoms with E-state index >= 15 is 0 Å². The normalized spacial score (nSPS) is 16.1. The summed E-state index contributed by atoms with van der Waals surface area (Å²) in [6.07, 6.45) is 0. The van der Waals surface area contributed by atoms with Gasteiger partial charge in [-0.2, -0.15) is 5.10 Å². The van der Waals surface area contributed by atoms with Gasteiger partial charge < -0.3 is 10.1 Å². The molecule has 1 aromatic carbocycles. The van der Waals surface area contributed by atoms with E-state index in [0.717, 1.165) is 36.6 Å². The van der Waals surface area contributed by atoms with E-state index in [9.17, 15) is 4.79 Å². The second-order valence-corrected chi connectivity index (χ2v) is 4.70. The Morgan fingerprint density at radius 3 is 3.10 bits per heavy atom. The number of nitrogens with one attached hydrogen (secondary N) is 1. The molecule has 0 atom stereocenters. The average Bonchev–Trinajstić information content (AvgIpc) is 3.02. The summed E-state index contributed by atoms with van der Waals surface area (Å²) in [7, 11) is 0. The number of hydrogen-bond acceptors (Lipinski definition) is 5. The van der Waals surface area contributed by atoms with E-state index in [1.54, 1.807) is 6.07 Å². The highest BCUT2D eigenvalue weighted by atomic mass is 35.5. The fraction of sp³-hybridized carbons (Fsp3) is 0.308. The van der Waals surface area contributed by atoms with E-state index < -0.39 is 0 Å². The van der Waals surface area contributed by atoms with E-state index in [0.29, 0.717) is 18.0 Å². The van der Waals surface area contributed by atoms with Gasteiger partial charge in [0.15, 0.2) is 5.82 Å². The predicted molar refractivity (Wildman–Crippen MR) is 73.5 cm³/mol. The molecule has 2 aliphatic rings. The smallest absolute Gasteiger partial charge is 0.338 e. The largest absolute Gasteiger partial charge is 0.457 e. The molecule has 6 nitrogen and oxygen atoms in total. The first kappa shape index (κ1) is 13.1. The number of cyclic esters (lactones) is 1. The van der Waals surface area contributed by atoms with Gasteiger partial charge in [0.1, 0.15) is 12.4 Å². The Kier molecular flexibility index (Phi) is 3.19. The van der Waals surface area contributed by atoms with Crippen LogP contribution < -0.4 is 5.32 Å². The number of aromatic nitrogens is 3. The van der Waals surface area contributed by atoms with Gasteiger partial charge in [-0.25, -0.2) is 14.5 Å². The van der Waals surface area contributed by atoms with Crippen LogP contribution in [-0.2, 0) is 24.4 Å². The van der Waals surface area contributed by atoms with E-state index in [1.165, 1.54) is 0 Å². The van der Waals surface area contributed by atoms with Crippen molar-refractivity contribution in [3.8, 4) is 11.4 Å². The number of rotatable bonds is 1. The zero-order chi connectivity index (χ0) is 12.8. The summed E-state index contributed by atoms with van der Waals surface area (Å²) in [5.74, 6) is 1.41. The summed E-state index contributed by atoms with van der Waals surface area (Å²) in [4.78, 5) is 15.9. The minimum absolute atomic E-state index is 0. The third kappa shape index (κ3) is 1.97. The fourth-order valence-electron chi connectivity index (χ4n) is 2.46. The van der Waals surface area contributed by atoms with Crippen LogP contribution in [0.1, 0.15) is 21.7 Å². The molecule has 2 aliphatic heterocycles. The maximum absolute atomic E-state index is 11.4. The average molecular weight is 293 g/mol. The molecule has 0 bridgehead atoms. The van der Waals surface area contributed by atoms with E-state index in [4.69, 9.17) is 4.74 Å². The SMILES string of the molecule is Cl.O=C1OCc2cc(-c3nc4n(n3)CCNC4)ccc21. The molecule has 0 saturated carbocycles. The van der Waals surface area contributed by atoms with Gasteiger partial charge in [-0.15, -0.1) is 12.4 Å². The lowest BCUT2D eigenvalue weighted by atomic mass is 10.1. The number of fused-ring (bicyclic) bond motifs is 2. The van der Waals surface area contributed by atoms with Crippen molar-refractivity contribution >= 4 is 18.4 Å². The number of carbonyl (C=O) groups excluding carboxylic acids is 1. The van der Waals surface area contributed by atoms with Gasteiger partial charge in [0.25, 0.3) is 0 Å². The molecule has 7 heteroatoms. The Morgan fingerprint density at radius 1 is 1.35 bits per heavy atom. The van der Waals surface area contributed by atoms with E-state index in [-0.39, 0.29) is 18.4 Å². The molecule has 0 radical (unpaired) electrons. The maximum atomic E-state index is 11.4. The summed E-state index contributed by atoms with van der Waals surface area (Å²) in [5, 5.41) is 7.77. The van der Waals surface area contributed by atoms with Crippen molar-refractivity contribution in [2.45, 2.75) is 19.7 Å². The molecule has 1 N–H and O–H groups in total. The third-order valence-electron chi connectivity index (χ3n) is 3.47. The van der Waals surface area contributed by atoms with Gasteiger partial charge in [0.2, 0.25) is 0 Å². The van der Waals surface area contributed by atoms with Crippen LogP contribution in [0.2, 0.25) is 0 Å². The van der Waals surface area contributed by atoms with Gasteiger partial charge in [-0.3, -0.25) is 0 Å². The molecule has 2 aromatic rings. The first-order chi connectivity index (χ1) is 9.31. The van der Waals surface area contributed by atoms with Crippen LogP contribution in [0.4, 0.5) is 0 Å². The second kappa shape index (κ2) is 4.88. The van der Waals surface area contributed by atoms with Gasteiger partial charge in [-0.05, 0) is 12.1 Å². The summed E-state index contributed by atoms with van der Waals surface area (Å²) < 4.78 is 6.93. The van der Waals surface area contributed by atoms with Crippen molar-refractivity contribution in [2.75, 3.05) is 6.54 Å². The number of nitrogens with zero attached hydrogens (tertiary/aromatic N) is 3. The highest BCUT2D eigenvalue weighted by Crippen LogP contribution is 2.25. The summed E-state index contributed by atoms with van der Waals surface area (Å²) in [6, 6.07) is 5.60. The first-order valence-electron chi connectivity index (χ1n) is 6.26. The maximum Gasteiger partial charge on any atom is 0.338 e. The molecule has 1 aromatic heterocycles. The molecule has 0 fully saturated rings. The number of hydrogen-bond donors (Lipinski definition) is 1. The molecule has 0 unspecified atom stereocenters. The lowest BCUT2D eigenvalue weighted by Crippen LogP contribution is -2.28. The monoisotopic (exact) mass is 292 g/mol. The van der Waals surface area contributed by atoms with Crippen LogP contribution in [-0.4, -0.2) is 27.3 Å². The number of benzene rings is 1. The van der Waals surface area contributed by atoms with Gasteiger partial charge >= 0.3 is 5.97 Å². The number of carbonyl (C=O) groups is 1. The van der Waals surface area contributed by atoms with Crippen LogP contribution in [0.15, 0.2) is 18.2 Å². The van der Waals surface area contributed by atoms with Crippen LogP contribution in [0.25, 0.3) is 11.4 Å². The molecule has 20 heavy (non-hydrogen) atoms. The summed E-state index contributed by atoms with van der Waals surface area (Å²) >= 11 is 0. The molecule has 0 aliphatic carbocycles. The highest BCUT2D eigenvalue weighted by Gasteiger charge is 2.22. The van der Waals surface area contributed by atoms with Crippen LogP contribution in [0.5, 0.6) is 0 Å². The Balaban J connectivity index is 0.00000121. The lowest BCUT2D eigenvalue weighted by Gasteiger charge is -2.11. The Bertz CT molecular complexity index is 660. The topological polar surface area (TPSA) is 69.0 Å². The van der Waals surface area contributed by atoms with E-state index in [1.807, 2.05) is 16.8 Å². The standard InChI is InChI=1S/C13H12N4O2.ClH/c18-13-10-2-1-8(5-9(10)7-19-13)12-15-11-6-14-3-4-17(11)16-12;/h1-2,5,14H,3-4,6-7H2;1H. The molecule has 3 heterocycles. The van der Waals surface area contributed by atoms with Crippen molar-refractivity contribution < 1.29 is 9.53 Å². The first-order valence-corrected chi connectivity index (χ1v) is 6.26. The Morgan fingerprint density at radius 2 is 2.25 bits per heavy atom. The fourth-order valence-corrected chi connectivity index (χ4v) is 2.46. The summed E-state index contributed by atoms with van der Waals surface area (Å²) in [6.45, 7) is 2.86. The summed E-state index contributed by atoms with van der Waals surface area (Å²) in [5.41, 5.74) is 2.49. The zero-order valence-corrected chi connectivity index (χ0v) is 11.4. The van der Waals surface area contributed by atoms with Gasteiger partial charge in [0, 0.05) is 17.7 Å². The molecule has 0 spiro atoms. The van der Waals surface area contributed by atoms with Crippen molar-refractivity contribution in [1.82, 2.24) is 20.1 Å². The minimum atomic E-state index is -0.247. The van der Waals surface area contributed by atoms with Crippen molar-refractivity contribution in [3.05, 3.63) is 35.2 Å². The second-order valence-electron chi connectivity index (χ2n) is 4.70. The van der Waals surface area contributed by atoms with E-state index in [2.05, 4.69) is 15.4 Å². The predicted octanol–water partition coefficient (Wildman–Crippen LogP) is 1.14. The quantitative estimate of drug-likeness (QED) is 0.798. The Hall–Kier alpha value is -1.92. The molecular formula is C13H13ClN4O2. The molecule has 104 valence electrons. The molecule has 0 amide bonds. The van der Waals surface area contributed by atoms with Crippen LogP contribution in [0, 0.1) is 0 Å². The van der Waals surface area contributed by atoms with Crippen LogP contribution >= 0.6 is 12.4 Å². The van der Waals surface area contributed by atoms with Crippen molar-refractivity contribution in [3.63, 3.8) is 0 Å². The van der Waals surface area contributed by atoms with Crippen molar-refractivity contribution in [2.24, 2.45) is 0 Å². The number of halogens is 1. The van der Waals surface area contributed by atoms with Gasteiger partial charge in [0.05, 0.1) is 18.7 Å². The Labute approximate surface area is 121 Å². The molecule has 4 rings (SSSR count). The number of ether oxygens (including phenoxy) is 1. The zero-order valence-electron chi connectivity index (χ0n) is 10.6. The van der Waals surface area contributed by atoms with Gasteiger partial charge in [-0.1, -0.05) is 6.07 Å². The number of esters is 1. The minimum Gasteiger partial charge on any atom is -0.457 e.